The van der Waals surface area contributed by atoms with E-state index < -0.39 is 17.6 Å². The number of carboxylic acid groups (broad SMARTS) is 1. The van der Waals surface area contributed by atoms with Gasteiger partial charge in [0.25, 0.3) is 0 Å². The van der Waals surface area contributed by atoms with E-state index in [0.29, 0.717) is 6.07 Å². The van der Waals surface area contributed by atoms with Crippen molar-refractivity contribution < 1.29 is 18.7 Å². The van der Waals surface area contributed by atoms with Crippen molar-refractivity contribution in [3.05, 3.63) is 47.8 Å². The van der Waals surface area contributed by atoms with E-state index in [4.69, 9.17) is 5.11 Å². The molecule has 0 amide bonds. The number of hydrogen-bond acceptors (Lipinski definition) is 3. The van der Waals surface area contributed by atoms with Crippen molar-refractivity contribution in [1.29, 1.82) is 0 Å². The Bertz CT molecular complexity index is 570. The number of carboxylic acids is 1. The van der Waals surface area contributed by atoms with E-state index in [0.717, 1.165) is 18.5 Å². The van der Waals surface area contributed by atoms with Crippen LogP contribution in [0, 0.1) is 11.6 Å². The molecule has 0 saturated carbocycles. The molecule has 2 rings (SSSR count). The molecule has 1 aromatic carbocycles. The Morgan fingerprint density at radius 2 is 1.82 bits per heavy atom. The fourth-order valence-electron chi connectivity index (χ4n) is 1.25. The summed E-state index contributed by atoms with van der Waals surface area (Å²) in [6.07, 6.45) is 2.13. The second kappa shape index (κ2) is 4.25. The predicted octanol–water partition coefficient (Wildman–Crippen LogP) is 2.12. The van der Waals surface area contributed by atoms with Gasteiger partial charge in [-0.1, -0.05) is 0 Å². The van der Waals surface area contributed by atoms with E-state index in [1.165, 1.54) is 6.07 Å². The highest BCUT2D eigenvalue weighted by atomic mass is 19.1. The van der Waals surface area contributed by atoms with Gasteiger partial charge in [0.15, 0.2) is 5.82 Å². The van der Waals surface area contributed by atoms with E-state index in [2.05, 4.69) is 9.97 Å². The van der Waals surface area contributed by atoms with Gasteiger partial charge >= 0.3 is 5.97 Å². The molecule has 2 aromatic rings. The van der Waals surface area contributed by atoms with Gasteiger partial charge in [0.2, 0.25) is 0 Å². The summed E-state index contributed by atoms with van der Waals surface area (Å²) in [5, 5.41) is 8.63. The molecule has 0 fully saturated rings. The summed E-state index contributed by atoms with van der Waals surface area (Å²) in [6.45, 7) is 0. The summed E-state index contributed by atoms with van der Waals surface area (Å²) in [4.78, 5) is 18.0. The minimum absolute atomic E-state index is 0.00694. The van der Waals surface area contributed by atoms with Crippen molar-refractivity contribution in [2.45, 2.75) is 0 Å². The van der Waals surface area contributed by atoms with Crippen LogP contribution in [0.3, 0.4) is 0 Å². The summed E-state index contributed by atoms with van der Waals surface area (Å²) in [6, 6.07) is 2.98. The molecule has 17 heavy (non-hydrogen) atoms. The summed E-state index contributed by atoms with van der Waals surface area (Å²) in [5.74, 6) is -2.66. The molecular formula is C11H6F2N2O2. The topological polar surface area (TPSA) is 63.1 Å². The van der Waals surface area contributed by atoms with Crippen LogP contribution in [0.4, 0.5) is 8.78 Å². The van der Waals surface area contributed by atoms with E-state index in [-0.39, 0.29) is 17.0 Å². The monoisotopic (exact) mass is 236 g/mol. The third-order valence-electron chi connectivity index (χ3n) is 2.07. The Morgan fingerprint density at radius 1 is 1.18 bits per heavy atom. The lowest BCUT2D eigenvalue weighted by Gasteiger charge is -2.01. The normalized spacial score (nSPS) is 10.2. The van der Waals surface area contributed by atoms with Crippen molar-refractivity contribution in [1.82, 2.24) is 9.97 Å². The summed E-state index contributed by atoms with van der Waals surface area (Å²) in [7, 11) is 0. The Hall–Kier alpha value is -2.37. The van der Waals surface area contributed by atoms with Gasteiger partial charge < -0.3 is 5.11 Å². The molecule has 0 bridgehead atoms. The van der Waals surface area contributed by atoms with Crippen LogP contribution in [-0.2, 0) is 0 Å². The Balaban J connectivity index is 2.43. The quantitative estimate of drug-likeness (QED) is 0.867. The van der Waals surface area contributed by atoms with Gasteiger partial charge in [-0.25, -0.2) is 23.5 Å². The predicted molar refractivity (Wildman–Crippen MR) is 54.3 cm³/mol. The average Bonchev–Trinajstić information content (AvgIpc) is 2.29. The number of benzene rings is 1. The van der Waals surface area contributed by atoms with Crippen LogP contribution >= 0.6 is 0 Å². The maximum atomic E-state index is 13.4. The second-order valence-electron chi connectivity index (χ2n) is 3.22. The number of hydrogen-bond donors (Lipinski definition) is 1. The van der Waals surface area contributed by atoms with Crippen LogP contribution in [0.25, 0.3) is 11.4 Å². The third kappa shape index (κ3) is 2.25. The number of halogens is 2. The maximum Gasteiger partial charge on any atom is 0.338 e. The molecule has 0 spiro atoms. The zero-order valence-corrected chi connectivity index (χ0v) is 8.39. The number of nitrogens with zero attached hydrogens (tertiary/aromatic N) is 2. The molecule has 0 unspecified atom stereocenters. The first-order valence-electron chi connectivity index (χ1n) is 4.58. The number of carbonyl (C=O) groups is 1. The van der Waals surface area contributed by atoms with Crippen molar-refractivity contribution in [2.24, 2.45) is 0 Å². The van der Waals surface area contributed by atoms with Crippen LogP contribution in [-0.4, -0.2) is 21.0 Å². The van der Waals surface area contributed by atoms with E-state index in [1.807, 2.05) is 0 Å². The van der Waals surface area contributed by atoms with Gasteiger partial charge in [-0.05, 0) is 12.1 Å². The lowest BCUT2D eigenvalue weighted by molar-refractivity contribution is 0.0696. The molecule has 6 heteroatoms. The first kappa shape index (κ1) is 11.1. The van der Waals surface area contributed by atoms with Crippen LogP contribution in [0.2, 0.25) is 0 Å². The highest BCUT2D eigenvalue weighted by molar-refractivity contribution is 5.86. The second-order valence-corrected chi connectivity index (χ2v) is 3.22. The van der Waals surface area contributed by atoms with Crippen molar-refractivity contribution >= 4 is 5.97 Å². The van der Waals surface area contributed by atoms with Gasteiger partial charge in [0.1, 0.15) is 11.6 Å². The standard InChI is InChI=1S/C11H6F2N2O2/c12-7-1-2-8(9(13)3-7)10-14-4-6(5-15-10)11(16)17/h1-5H,(H,16,17). The first-order valence-corrected chi connectivity index (χ1v) is 4.58. The van der Waals surface area contributed by atoms with Gasteiger partial charge in [0, 0.05) is 18.5 Å². The molecule has 0 saturated heterocycles. The van der Waals surface area contributed by atoms with E-state index in [1.54, 1.807) is 0 Å². The summed E-state index contributed by atoms with van der Waals surface area (Å²) < 4.78 is 26.0. The van der Waals surface area contributed by atoms with Crippen molar-refractivity contribution in [3.8, 4) is 11.4 Å². The molecule has 0 aliphatic carbocycles. The average molecular weight is 236 g/mol. The van der Waals surface area contributed by atoms with Crippen molar-refractivity contribution in [3.63, 3.8) is 0 Å². The molecule has 1 heterocycles. The minimum atomic E-state index is -1.17. The third-order valence-corrected chi connectivity index (χ3v) is 2.07. The van der Waals surface area contributed by atoms with Crippen molar-refractivity contribution in [2.75, 3.05) is 0 Å². The summed E-state index contributed by atoms with van der Waals surface area (Å²) >= 11 is 0. The lowest BCUT2D eigenvalue weighted by atomic mass is 10.2. The highest BCUT2D eigenvalue weighted by Crippen LogP contribution is 2.19. The number of aromatic nitrogens is 2. The molecule has 1 aromatic heterocycles. The molecule has 0 radical (unpaired) electrons. The van der Waals surface area contributed by atoms with Gasteiger partial charge in [0.05, 0.1) is 11.1 Å². The van der Waals surface area contributed by atoms with Crippen LogP contribution < -0.4 is 0 Å². The lowest BCUT2D eigenvalue weighted by Crippen LogP contribution is -2.00. The van der Waals surface area contributed by atoms with Gasteiger partial charge in [-0.15, -0.1) is 0 Å². The highest BCUT2D eigenvalue weighted by Gasteiger charge is 2.10. The Morgan fingerprint density at radius 3 is 2.35 bits per heavy atom. The fourth-order valence-corrected chi connectivity index (χ4v) is 1.25. The molecule has 1 N–H and O–H groups in total. The summed E-state index contributed by atoms with van der Waals surface area (Å²) in [5.41, 5.74) is -0.0837. The molecule has 0 aliphatic rings. The van der Waals surface area contributed by atoms with Gasteiger partial charge in [-0.3, -0.25) is 0 Å². The Kier molecular flexibility index (Phi) is 2.78. The first-order chi connectivity index (χ1) is 8.08. The fraction of sp³-hybridized carbons (Fsp3) is 0. The zero-order valence-electron chi connectivity index (χ0n) is 8.39. The zero-order chi connectivity index (χ0) is 12.4. The maximum absolute atomic E-state index is 13.4. The minimum Gasteiger partial charge on any atom is -0.478 e. The van der Waals surface area contributed by atoms with Gasteiger partial charge in [-0.2, -0.15) is 0 Å². The SMILES string of the molecule is O=C(O)c1cnc(-c2ccc(F)cc2F)nc1. The van der Waals surface area contributed by atoms with E-state index >= 15 is 0 Å². The smallest absolute Gasteiger partial charge is 0.338 e. The van der Waals surface area contributed by atoms with Crippen LogP contribution in [0.1, 0.15) is 10.4 Å². The van der Waals surface area contributed by atoms with Crippen LogP contribution in [0.5, 0.6) is 0 Å². The number of aromatic carboxylic acids is 1. The molecule has 86 valence electrons. The Labute approximate surface area is 94.6 Å². The largest absolute Gasteiger partial charge is 0.478 e. The van der Waals surface area contributed by atoms with E-state index in [9.17, 15) is 13.6 Å². The molecule has 0 aliphatic heterocycles. The molecule has 4 nitrogen and oxygen atoms in total. The molecular weight excluding hydrogens is 230 g/mol. The van der Waals surface area contributed by atoms with Crippen LogP contribution in [0.15, 0.2) is 30.6 Å². The number of rotatable bonds is 2. The molecule has 0 atom stereocenters.